The van der Waals surface area contributed by atoms with Gasteiger partial charge in [-0.15, -0.1) is 4.40 Å². The van der Waals surface area contributed by atoms with Crippen LogP contribution in [0.5, 0.6) is 0 Å². The number of piperazine rings is 1. The third-order valence-corrected chi connectivity index (χ3v) is 8.77. The minimum Gasteiger partial charge on any atom is -0.465 e. The van der Waals surface area contributed by atoms with Crippen LogP contribution in [0, 0.1) is 6.92 Å². The Kier molecular flexibility index (Phi) is 8.80. The van der Waals surface area contributed by atoms with E-state index < -0.39 is 40.1 Å². The summed E-state index contributed by atoms with van der Waals surface area (Å²) in [4.78, 5) is 36.2. The zero-order chi connectivity index (χ0) is 32.2. The molecule has 2 aliphatic rings. The first-order valence-corrected chi connectivity index (χ1v) is 15.8. The van der Waals surface area contributed by atoms with Crippen LogP contribution in [0.15, 0.2) is 16.5 Å². The summed E-state index contributed by atoms with van der Waals surface area (Å²) in [6.07, 6.45) is -1.77. The van der Waals surface area contributed by atoms with Crippen LogP contribution in [-0.2, 0) is 14.9 Å². The number of nitrogens with zero attached hydrogens (tertiary/aromatic N) is 6. The molecule has 0 saturated carbocycles. The van der Waals surface area contributed by atoms with E-state index in [4.69, 9.17) is 27.9 Å². The maximum Gasteiger partial charge on any atom is 0.413 e. The number of nitrogens with one attached hydrogen (secondary N) is 1. The van der Waals surface area contributed by atoms with E-state index in [9.17, 15) is 23.1 Å². The van der Waals surface area contributed by atoms with Gasteiger partial charge in [0.2, 0.25) is 0 Å². The van der Waals surface area contributed by atoms with Crippen LogP contribution in [0.25, 0.3) is 0 Å². The lowest BCUT2D eigenvalue weighted by molar-refractivity contribution is 0.0634. The number of anilines is 3. The topological polar surface area (TPSA) is 158 Å². The number of hydrogen-bond acceptors (Lipinski definition) is 8. The fourth-order valence-corrected chi connectivity index (χ4v) is 6.65. The van der Waals surface area contributed by atoms with E-state index in [0.717, 1.165) is 4.31 Å². The number of aromatic nitrogens is 2. The summed E-state index contributed by atoms with van der Waals surface area (Å²) in [5.74, 6) is -0.0636. The maximum atomic E-state index is 14.1. The highest BCUT2D eigenvalue weighted by molar-refractivity contribution is 7.92. The Morgan fingerprint density at radius 1 is 1.12 bits per heavy atom. The molecule has 234 valence electrons. The summed E-state index contributed by atoms with van der Waals surface area (Å²) in [5, 5.41) is 12.2. The molecule has 13 nitrogen and oxygen atoms in total. The van der Waals surface area contributed by atoms with Gasteiger partial charge in [0.05, 0.1) is 22.0 Å². The van der Waals surface area contributed by atoms with E-state index in [0.29, 0.717) is 16.8 Å². The van der Waals surface area contributed by atoms with E-state index in [1.54, 1.807) is 46.4 Å². The van der Waals surface area contributed by atoms with Crippen LogP contribution in [-0.4, -0.2) is 82.1 Å². The Hall–Kier alpha value is -3.36. The number of carboxylic acid groups (broad SMARTS) is 1. The van der Waals surface area contributed by atoms with E-state index >= 15 is 0 Å². The van der Waals surface area contributed by atoms with Gasteiger partial charge < -0.3 is 19.6 Å². The highest BCUT2D eigenvalue weighted by atomic mass is 35.5. The predicted octanol–water partition coefficient (Wildman–Crippen LogP) is 5.78. The molecule has 0 aromatic carbocycles. The smallest absolute Gasteiger partial charge is 0.413 e. The second-order valence-corrected chi connectivity index (χ2v) is 14.1. The summed E-state index contributed by atoms with van der Waals surface area (Å²) in [5.41, 5.74) is 0.587. The van der Waals surface area contributed by atoms with Gasteiger partial charge in [-0.1, -0.05) is 37.0 Å². The maximum absolute atomic E-state index is 14.1. The zero-order valence-corrected chi connectivity index (χ0v) is 27.5. The largest absolute Gasteiger partial charge is 0.465 e. The highest BCUT2D eigenvalue weighted by Gasteiger charge is 2.42. The first kappa shape index (κ1) is 32.6. The monoisotopic (exact) mass is 655 g/mol. The van der Waals surface area contributed by atoms with Crippen molar-refractivity contribution < 1.29 is 27.9 Å². The van der Waals surface area contributed by atoms with E-state index in [2.05, 4.69) is 19.7 Å². The molecule has 2 N–H and O–H groups in total. The summed E-state index contributed by atoms with van der Waals surface area (Å²) < 4.78 is 38.7. The lowest BCUT2D eigenvalue weighted by Crippen LogP contribution is -2.60. The van der Waals surface area contributed by atoms with Gasteiger partial charge >= 0.3 is 22.4 Å². The van der Waals surface area contributed by atoms with Crippen molar-refractivity contribution in [3.05, 3.63) is 39.1 Å². The first-order valence-electron chi connectivity index (χ1n) is 13.6. The second-order valence-electron chi connectivity index (χ2n) is 11.9. The number of rotatable bonds is 3. The van der Waals surface area contributed by atoms with Crippen molar-refractivity contribution in [2.24, 2.45) is 4.40 Å². The fraction of sp³-hybridized carbons (Fsp3) is 0.519. The molecule has 0 aliphatic carbocycles. The van der Waals surface area contributed by atoms with Gasteiger partial charge in [-0.3, -0.25) is 5.32 Å². The van der Waals surface area contributed by atoms with Gasteiger partial charge in [-0.2, -0.15) is 12.7 Å². The Labute approximate surface area is 261 Å². The second kappa shape index (κ2) is 11.6. The molecule has 0 bridgehead atoms. The summed E-state index contributed by atoms with van der Waals surface area (Å²) in [7, 11) is -4.49. The molecule has 4 rings (SSSR count). The third-order valence-electron chi connectivity index (χ3n) is 6.87. The van der Waals surface area contributed by atoms with Gasteiger partial charge in [-0.25, -0.2) is 19.6 Å². The molecule has 1 fully saturated rings. The fourth-order valence-electron chi connectivity index (χ4n) is 5.03. The molecule has 4 heterocycles. The normalized spacial score (nSPS) is 20.1. The molecule has 2 aromatic heterocycles. The summed E-state index contributed by atoms with van der Waals surface area (Å²) in [6, 6.07) is 2.18. The van der Waals surface area contributed by atoms with Crippen LogP contribution >= 0.6 is 23.2 Å². The molecule has 2 aromatic rings. The van der Waals surface area contributed by atoms with Gasteiger partial charge in [-0.05, 0) is 65.2 Å². The highest BCUT2D eigenvalue weighted by Crippen LogP contribution is 2.43. The number of ether oxygens (including phenoxy) is 1. The quantitative estimate of drug-likeness (QED) is 0.391. The minimum atomic E-state index is -4.49. The van der Waals surface area contributed by atoms with Crippen LogP contribution in [0.2, 0.25) is 10.2 Å². The standard InChI is InChI=1S/C27H35Cl2N7O6S/c1-13(2)20-21(14(3)9-19(30-20)31-25(37)42-27(6,7)8)36-23-17(10-18(28)22(29)32-23)24(33-43(36,40)41)34-11-16(5)35(26(38)39)12-15(34)4/h9-10,13,15-16H,11-12H2,1-8H3,(H,38,39)(H,30,31,37)/t15-,16+/m0/s1. The van der Waals surface area contributed by atoms with Gasteiger partial charge in [0.1, 0.15) is 16.6 Å². The summed E-state index contributed by atoms with van der Waals surface area (Å²) in [6.45, 7) is 14.4. The van der Waals surface area contributed by atoms with Crippen molar-refractivity contribution in [3.8, 4) is 0 Å². The number of pyridine rings is 2. The Morgan fingerprint density at radius 3 is 2.35 bits per heavy atom. The number of hydrogen-bond donors (Lipinski definition) is 2. The Balaban J connectivity index is 1.88. The van der Waals surface area contributed by atoms with Crippen molar-refractivity contribution in [2.75, 3.05) is 22.7 Å². The number of halogens is 2. The zero-order valence-electron chi connectivity index (χ0n) is 25.1. The molecule has 16 heteroatoms. The molecule has 0 spiro atoms. The molecule has 1 saturated heterocycles. The number of carbonyl (C=O) groups excluding carboxylic acids is 1. The van der Waals surface area contributed by atoms with Crippen LogP contribution in [0.1, 0.15) is 71.2 Å². The van der Waals surface area contributed by atoms with Crippen molar-refractivity contribution in [3.63, 3.8) is 0 Å². The number of carbonyl (C=O) groups is 2. The van der Waals surface area contributed by atoms with Crippen molar-refractivity contribution >= 4 is 68.8 Å². The lowest BCUT2D eigenvalue weighted by Gasteiger charge is -2.45. The molecular formula is C27H35Cl2N7O6S. The van der Waals surface area contributed by atoms with Crippen molar-refractivity contribution in [1.29, 1.82) is 0 Å². The molecule has 2 aliphatic heterocycles. The van der Waals surface area contributed by atoms with Crippen LogP contribution in [0.3, 0.4) is 0 Å². The van der Waals surface area contributed by atoms with E-state index in [-0.39, 0.29) is 52.3 Å². The lowest BCUT2D eigenvalue weighted by atomic mass is 10.0. The molecule has 2 atom stereocenters. The Bertz CT molecular complexity index is 1610. The van der Waals surface area contributed by atoms with Gasteiger partial charge in [0, 0.05) is 25.2 Å². The molecular weight excluding hydrogens is 621 g/mol. The molecule has 0 radical (unpaired) electrons. The molecule has 0 unspecified atom stereocenters. The number of amides is 2. The average molecular weight is 657 g/mol. The van der Waals surface area contributed by atoms with E-state index in [1.807, 2.05) is 13.8 Å². The molecule has 43 heavy (non-hydrogen) atoms. The number of aryl methyl sites for hydroxylation is 1. The van der Waals surface area contributed by atoms with Crippen molar-refractivity contribution in [1.82, 2.24) is 19.8 Å². The van der Waals surface area contributed by atoms with Crippen LogP contribution < -0.4 is 9.62 Å². The van der Waals surface area contributed by atoms with Gasteiger partial charge in [0.15, 0.2) is 11.7 Å². The predicted molar refractivity (Wildman–Crippen MR) is 165 cm³/mol. The van der Waals surface area contributed by atoms with Gasteiger partial charge in [0.25, 0.3) is 0 Å². The number of fused-ring (bicyclic) bond motifs is 1. The minimum absolute atomic E-state index is 0.0282. The average Bonchev–Trinajstić information content (AvgIpc) is 2.85. The third kappa shape index (κ3) is 6.60. The first-order chi connectivity index (χ1) is 19.8. The van der Waals surface area contributed by atoms with E-state index in [1.165, 1.54) is 17.0 Å². The summed E-state index contributed by atoms with van der Waals surface area (Å²) >= 11 is 12.7. The molecule has 2 amide bonds. The van der Waals surface area contributed by atoms with Crippen LogP contribution in [0.4, 0.5) is 26.9 Å². The Morgan fingerprint density at radius 2 is 1.77 bits per heavy atom. The van der Waals surface area contributed by atoms with Crippen molar-refractivity contribution in [2.45, 2.75) is 79.0 Å². The SMILES string of the molecule is Cc1cc(NC(=O)OC(C)(C)C)nc(C(C)C)c1N1c2nc(Cl)c(Cl)cc2C(N2C[C@@H](C)N(C(=O)O)C[C@@H]2C)=NS1(=O)=O. The number of amidine groups is 1.